The number of para-hydroxylation sites is 1. The molecule has 37 heavy (non-hydrogen) atoms. The Kier molecular flexibility index (Phi) is 7.15. The van der Waals surface area contributed by atoms with Crippen molar-refractivity contribution in [3.05, 3.63) is 78.5 Å². The predicted octanol–water partition coefficient (Wildman–Crippen LogP) is 5.38. The van der Waals surface area contributed by atoms with Gasteiger partial charge in [0.2, 0.25) is 0 Å². The molecule has 4 aromatic rings. The fourth-order valence-electron chi connectivity index (χ4n) is 5.43. The first-order valence-electron chi connectivity index (χ1n) is 13.1. The second-order valence-electron chi connectivity index (χ2n) is 9.82. The van der Waals surface area contributed by atoms with Gasteiger partial charge in [0.15, 0.2) is 5.82 Å². The van der Waals surface area contributed by atoms with Crippen LogP contribution in [-0.4, -0.2) is 58.2 Å². The fourth-order valence-corrected chi connectivity index (χ4v) is 5.43. The number of fused-ring (bicyclic) bond motifs is 1. The number of piperidine rings is 1. The minimum Gasteiger partial charge on any atom is -0.508 e. The molecule has 7 nitrogen and oxygen atoms in total. The summed E-state index contributed by atoms with van der Waals surface area (Å²) in [7, 11) is 1.94. The molecule has 1 aliphatic heterocycles. The van der Waals surface area contributed by atoms with Gasteiger partial charge >= 0.3 is 0 Å². The van der Waals surface area contributed by atoms with Crippen LogP contribution in [0, 0.1) is 0 Å². The van der Waals surface area contributed by atoms with Crippen molar-refractivity contribution in [1.82, 2.24) is 25.2 Å². The molecule has 3 heterocycles. The average Bonchev–Trinajstić information content (AvgIpc) is 3.38. The number of aromatic hydroxyl groups is 1. The molecule has 0 bridgehead atoms. The Hall–Kier alpha value is -3.84. The van der Waals surface area contributed by atoms with Crippen LogP contribution in [0.4, 0.5) is 5.82 Å². The minimum absolute atomic E-state index is 0.0109. The molecule has 0 radical (unpaired) electrons. The molecular formula is C30H36N6O. The lowest BCUT2D eigenvalue weighted by Crippen LogP contribution is -2.41. The van der Waals surface area contributed by atoms with Gasteiger partial charge in [-0.25, -0.2) is 9.97 Å². The lowest BCUT2D eigenvalue weighted by molar-refractivity contribution is 0.206. The maximum Gasteiger partial charge on any atom is 0.163 e. The molecule has 4 N–H and O–H groups in total. The van der Waals surface area contributed by atoms with Gasteiger partial charge < -0.3 is 25.6 Å². The van der Waals surface area contributed by atoms with E-state index in [1.165, 1.54) is 0 Å². The van der Waals surface area contributed by atoms with Crippen LogP contribution in [0.2, 0.25) is 0 Å². The number of hydrogen-bond donors (Lipinski definition) is 4. The summed E-state index contributed by atoms with van der Waals surface area (Å²) >= 11 is 0. The second-order valence-corrected chi connectivity index (χ2v) is 9.82. The summed E-state index contributed by atoms with van der Waals surface area (Å²) in [6.45, 7) is 10.0. The average molecular weight is 497 g/mol. The van der Waals surface area contributed by atoms with Gasteiger partial charge in [-0.05, 0) is 38.4 Å². The van der Waals surface area contributed by atoms with Crippen LogP contribution >= 0.6 is 0 Å². The first kappa shape index (κ1) is 24.8. The topological polar surface area (TPSA) is 89.1 Å². The number of benzene rings is 2. The molecule has 0 amide bonds. The molecule has 5 rings (SSSR count). The monoisotopic (exact) mass is 496 g/mol. The third-order valence-electron chi connectivity index (χ3n) is 7.75. The third-order valence-corrected chi connectivity index (χ3v) is 7.75. The lowest BCUT2D eigenvalue weighted by Gasteiger charge is -2.43. The maximum atomic E-state index is 10.5. The smallest absolute Gasteiger partial charge is 0.163 e. The Balaban J connectivity index is 1.41. The highest BCUT2D eigenvalue weighted by molar-refractivity contribution is 5.91. The van der Waals surface area contributed by atoms with Gasteiger partial charge in [0.05, 0.1) is 16.8 Å². The molecule has 1 aliphatic rings. The number of rotatable bonds is 9. The van der Waals surface area contributed by atoms with E-state index in [4.69, 9.17) is 9.97 Å². The molecule has 1 saturated heterocycles. The number of nitrogens with zero attached hydrogens (tertiary/aromatic N) is 3. The Morgan fingerprint density at radius 2 is 1.78 bits per heavy atom. The number of hydrogen-bond acceptors (Lipinski definition) is 6. The zero-order valence-electron chi connectivity index (χ0n) is 21.7. The van der Waals surface area contributed by atoms with Crippen LogP contribution in [-0.2, 0) is 5.41 Å². The number of phenolic OH excluding ortho intramolecular Hbond substituents is 1. The summed E-state index contributed by atoms with van der Waals surface area (Å²) in [4.78, 5) is 15.6. The number of nitrogens with one attached hydrogen (secondary N) is 3. The molecular weight excluding hydrogens is 460 g/mol. The fraction of sp³-hybridized carbons (Fsp3) is 0.333. The van der Waals surface area contributed by atoms with E-state index in [1.807, 2.05) is 49.5 Å². The molecule has 192 valence electrons. The molecule has 0 aliphatic carbocycles. The summed E-state index contributed by atoms with van der Waals surface area (Å²) in [6, 6.07) is 20.0. The van der Waals surface area contributed by atoms with E-state index in [1.54, 1.807) is 6.07 Å². The summed E-state index contributed by atoms with van der Waals surface area (Å²) in [5.41, 5.74) is 4.75. The van der Waals surface area contributed by atoms with Crippen molar-refractivity contribution < 1.29 is 5.11 Å². The highest BCUT2D eigenvalue weighted by Gasteiger charge is 2.37. The summed E-state index contributed by atoms with van der Waals surface area (Å²) in [6.07, 6.45) is 2.93. The first-order valence-corrected chi connectivity index (χ1v) is 13.1. The lowest BCUT2D eigenvalue weighted by atomic mass is 9.70. The first-order chi connectivity index (χ1) is 18.0. The molecule has 2 aromatic carbocycles. The molecule has 0 spiro atoms. The summed E-state index contributed by atoms with van der Waals surface area (Å²) in [5, 5.41) is 18.1. The van der Waals surface area contributed by atoms with E-state index in [9.17, 15) is 5.11 Å². The Morgan fingerprint density at radius 3 is 2.49 bits per heavy atom. The SMILES string of the molecule is C=C(c1cc2c(NCCNC)nc(-c3ccccc3)nc2[nH]1)N1CCC(CC)(c2ccccc2O)CC1. The Bertz CT molecular complexity index is 1370. The van der Waals surface area contributed by atoms with Crippen molar-refractivity contribution in [2.45, 2.75) is 31.6 Å². The van der Waals surface area contributed by atoms with Gasteiger partial charge in [-0.15, -0.1) is 0 Å². The van der Waals surface area contributed by atoms with Gasteiger partial charge in [-0.3, -0.25) is 0 Å². The van der Waals surface area contributed by atoms with Crippen molar-refractivity contribution in [2.75, 3.05) is 38.5 Å². The number of anilines is 1. The number of aromatic amines is 1. The quantitative estimate of drug-likeness (QED) is 0.233. The van der Waals surface area contributed by atoms with Crippen molar-refractivity contribution >= 4 is 22.5 Å². The van der Waals surface area contributed by atoms with E-state index >= 15 is 0 Å². The number of aromatic nitrogens is 3. The zero-order chi connectivity index (χ0) is 25.8. The van der Waals surface area contributed by atoms with Crippen LogP contribution in [0.25, 0.3) is 28.1 Å². The minimum atomic E-state index is -0.0109. The largest absolute Gasteiger partial charge is 0.508 e. The number of phenols is 1. The third kappa shape index (κ3) is 4.91. The van der Waals surface area contributed by atoms with Gasteiger partial charge in [0.1, 0.15) is 17.2 Å². The van der Waals surface area contributed by atoms with E-state index in [0.29, 0.717) is 11.6 Å². The summed E-state index contributed by atoms with van der Waals surface area (Å²) in [5.74, 6) is 1.91. The maximum absolute atomic E-state index is 10.5. The Labute approximate surface area is 218 Å². The van der Waals surface area contributed by atoms with E-state index in [2.05, 4.69) is 46.2 Å². The van der Waals surface area contributed by atoms with E-state index in [-0.39, 0.29) is 5.41 Å². The van der Waals surface area contributed by atoms with Crippen LogP contribution in [0.3, 0.4) is 0 Å². The zero-order valence-corrected chi connectivity index (χ0v) is 21.7. The van der Waals surface area contributed by atoms with Crippen LogP contribution < -0.4 is 10.6 Å². The second kappa shape index (κ2) is 10.6. The molecule has 1 fully saturated rings. The van der Waals surface area contributed by atoms with Gasteiger partial charge in [-0.1, -0.05) is 62.0 Å². The number of likely N-dealkylation sites (N-methyl/N-ethyl adjacent to an activating group) is 1. The normalized spacial score (nSPS) is 15.1. The van der Waals surface area contributed by atoms with Crippen molar-refractivity contribution in [3.8, 4) is 17.1 Å². The van der Waals surface area contributed by atoms with Crippen molar-refractivity contribution in [3.63, 3.8) is 0 Å². The van der Waals surface area contributed by atoms with Gasteiger partial charge in [0.25, 0.3) is 0 Å². The molecule has 0 unspecified atom stereocenters. The highest BCUT2D eigenvalue weighted by Crippen LogP contribution is 2.43. The number of H-pyrrole nitrogens is 1. The van der Waals surface area contributed by atoms with Crippen LogP contribution in [0.5, 0.6) is 5.75 Å². The van der Waals surface area contributed by atoms with Crippen LogP contribution in [0.1, 0.15) is 37.4 Å². The standard InChI is InChI=1S/C30H36N6O/c1-4-30(24-12-8-9-13-26(24)37)14-18-36(19-15-30)21(2)25-20-23-28(32-17-16-31-3)34-27(35-29(23)33-25)22-10-6-5-7-11-22/h5-13,20,31,37H,2,4,14-19H2,1,3H3,(H2,32,33,34,35). The molecule has 0 atom stereocenters. The van der Waals surface area contributed by atoms with Crippen molar-refractivity contribution in [1.29, 1.82) is 0 Å². The molecule has 2 aromatic heterocycles. The van der Waals surface area contributed by atoms with E-state index < -0.39 is 0 Å². The van der Waals surface area contributed by atoms with Crippen LogP contribution in [0.15, 0.2) is 67.2 Å². The molecule has 0 saturated carbocycles. The molecule has 7 heteroatoms. The van der Waals surface area contributed by atoms with Gasteiger partial charge in [0, 0.05) is 42.7 Å². The van der Waals surface area contributed by atoms with Gasteiger partial charge in [-0.2, -0.15) is 0 Å². The van der Waals surface area contributed by atoms with E-state index in [0.717, 1.165) is 84.8 Å². The number of likely N-dealkylation sites (tertiary alicyclic amines) is 1. The Morgan fingerprint density at radius 1 is 1.05 bits per heavy atom. The summed E-state index contributed by atoms with van der Waals surface area (Å²) < 4.78 is 0. The predicted molar refractivity (Wildman–Crippen MR) is 152 cm³/mol. The highest BCUT2D eigenvalue weighted by atomic mass is 16.3. The van der Waals surface area contributed by atoms with Crippen molar-refractivity contribution in [2.24, 2.45) is 0 Å².